The highest BCUT2D eigenvalue weighted by Gasteiger charge is 2.59. The predicted molar refractivity (Wildman–Crippen MR) is 117 cm³/mol. The third kappa shape index (κ3) is 2.80. The number of carbonyl (C=O) groups is 5. The summed E-state index contributed by atoms with van der Waals surface area (Å²) in [6.07, 6.45) is 4.84. The van der Waals surface area contributed by atoms with Gasteiger partial charge in [-0.1, -0.05) is 30.4 Å². The van der Waals surface area contributed by atoms with Crippen LogP contribution in [0.25, 0.3) is 0 Å². The lowest BCUT2D eigenvalue weighted by molar-refractivity contribution is -0.143. The minimum atomic E-state index is -0.517. The number of hydrogen-bond donors (Lipinski definition) is 1. The van der Waals surface area contributed by atoms with Crippen molar-refractivity contribution < 1.29 is 24.0 Å². The number of anilines is 2. The molecular formula is C25H19N3O5. The van der Waals surface area contributed by atoms with Crippen LogP contribution in [0.15, 0.2) is 60.7 Å². The number of hydrogen-bond acceptors (Lipinski definition) is 5. The largest absolute Gasteiger partial charge is 0.324 e. The van der Waals surface area contributed by atoms with Gasteiger partial charge in [-0.05, 0) is 48.6 Å². The van der Waals surface area contributed by atoms with Crippen molar-refractivity contribution >= 4 is 40.9 Å². The first-order chi connectivity index (χ1) is 15.9. The van der Waals surface area contributed by atoms with E-state index < -0.39 is 17.7 Å². The molecule has 164 valence electrons. The number of amides is 5. The van der Waals surface area contributed by atoms with Crippen molar-refractivity contribution in [3.8, 4) is 0 Å². The summed E-state index contributed by atoms with van der Waals surface area (Å²) < 4.78 is 0. The Kier molecular flexibility index (Phi) is 4.14. The van der Waals surface area contributed by atoms with Gasteiger partial charge in [0.05, 0.1) is 28.7 Å². The number of carbonyl (C=O) groups excluding carboxylic acids is 5. The summed E-state index contributed by atoms with van der Waals surface area (Å²) in [7, 11) is 0. The number of benzene rings is 2. The summed E-state index contributed by atoms with van der Waals surface area (Å²) in [6, 6.07) is 13.0. The molecule has 33 heavy (non-hydrogen) atoms. The fourth-order valence-electron chi connectivity index (χ4n) is 5.61. The van der Waals surface area contributed by atoms with E-state index in [1.165, 1.54) is 6.07 Å². The van der Waals surface area contributed by atoms with Gasteiger partial charge in [-0.2, -0.15) is 0 Å². The molecule has 2 aromatic rings. The Morgan fingerprint density at radius 1 is 0.848 bits per heavy atom. The molecule has 2 aromatic carbocycles. The maximum atomic E-state index is 12.8. The lowest BCUT2D eigenvalue weighted by atomic mass is 9.85. The first-order valence-corrected chi connectivity index (χ1v) is 10.9. The van der Waals surface area contributed by atoms with Crippen molar-refractivity contribution in [2.24, 2.45) is 23.7 Å². The van der Waals surface area contributed by atoms with E-state index in [1.54, 1.807) is 42.5 Å². The van der Waals surface area contributed by atoms with E-state index in [0.29, 0.717) is 22.5 Å². The number of nitrogens with zero attached hydrogens (tertiary/aromatic N) is 2. The first-order valence-electron chi connectivity index (χ1n) is 10.9. The third-order valence-corrected chi connectivity index (χ3v) is 7.05. The Balaban J connectivity index is 1.17. The molecule has 5 amide bonds. The molecule has 2 heterocycles. The van der Waals surface area contributed by atoms with Crippen molar-refractivity contribution in [3.05, 3.63) is 71.8 Å². The van der Waals surface area contributed by atoms with Crippen molar-refractivity contribution in [2.45, 2.75) is 6.42 Å². The van der Waals surface area contributed by atoms with E-state index >= 15 is 0 Å². The van der Waals surface area contributed by atoms with Crippen LogP contribution < -0.4 is 10.2 Å². The summed E-state index contributed by atoms with van der Waals surface area (Å²) in [5.41, 5.74) is 1.34. The second kappa shape index (κ2) is 6.96. The minimum Gasteiger partial charge on any atom is -0.324 e. The van der Waals surface area contributed by atoms with Crippen molar-refractivity contribution in [1.82, 2.24) is 4.90 Å². The van der Waals surface area contributed by atoms with Crippen LogP contribution in [-0.2, 0) is 14.4 Å². The monoisotopic (exact) mass is 441 g/mol. The van der Waals surface area contributed by atoms with Crippen LogP contribution in [0.1, 0.15) is 27.1 Å². The molecule has 4 unspecified atom stereocenters. The molecule has 0 radical (unpaired) electrons. The molecule has 4 aliphatic rings. The number of fused-ring (bicyclic) bond motifs is 6. The van der Waals surface area contributed by atoms with E-state index in [1.807, 2.05) is 12.2 Å². The van der Waals surface area contributed by atoms with Gasteiger partial charge in [0.15, 0.2) is 0 Å². The normalized spacial score (nSPS) is 26.9. The molecule has 2 aliphatic heterocycles. The van der Waals surface area contributed by atoms with Crippen LogP contribution in [0, 0.1) is 23.7 Å². The average Bonchev–Trinajstić information content (AvgIpc) is 3.54. The van der Waals surface area contributed by atoms with E-state index in [9.17, 15) is 24.0 Å². The topological polar surface area (TPSA) is 104 Å². The smallest absolute Gasteiger partial charge is 0.266 e. The van der Waals surface area contributed by atoms with Gasteiger partial charge in [-0.15, -0.1) is 0 Å². The molecule has 6 rings (SSSR count). The van der Waals surface area contributed by atoms with Gasteiger partial charge < -0.3 is 5.32 Å². The van der Waals surface area contributed by atoms with Gasteiger partial charge in [-0.25, -0.2) is 4.90 Å². The second-order valence-corrected chi connectivity index (χ2v) is 8.85. The number of rotatable bonds is 4. The number of nitrogens with one attached hydrogen (secondary N) is 1. The third-order valence-electron chi connectivity index (χ3n) is 7.05. The van der Waals surface area contributed by atoms with Gasteiger partial charge >= 0.3 is 0 Å². The van der Waals surface area contributed by atoms with Gasteiger partial charge in [0.25, 0.3) is 11.8 Å². The van der Waals surface area contributed by atoms with Crippen LogP contribution in [-0.4, -0.2) is 41.0 Å². The van der Waals surface area contributed by atoms with Crippen molar-refractivity contribution in [1.29, 1.82) is 0 Å². The molecule has 2 aliphatic carbocycles. The van der Waals surface area contributed by atoms with E-state index in [2.05, 4.69) is 5.32 Å². The molecule has 0 aromatic heterocycles. The van der Waals surface area contributed by atoms with Crippen molar-refractivity contribution in [2.75, 3.05) is 16.8 Å². The molecule has 0 spiro atoms. The molecule has 8 heteroatoms. The summed E-state index contributed by atoms with van der Waals surface area (Å²) in [5, 5.41) is 2.68. The van der Waals surface area contributed by atoms with Gasteiger partial charge in [0, 0.05) is 5.69 Å². The van der Waals surface area contributed by atoms with Crippen LogP contribution in [0.3, 0.4) is 0 Å². The number of likely N-dealkylation sites (tertiary alicyclic amines) is 1. The Morgan fingerprint density at radius 3 is 2.06 bits per heavy atom. The first kappa shape index (κ1) is 19.6. The predicted octanol–water partition coefficient (Wildman–Crippen LogP) is 2.23. The number of allylic oxidation sites excluding steroid dienone is 2. The SMILES string of the molecule is O=C(CN1C(=O)C2C3C=CC(C3)C2C1=O)Nc1cccc(N2C(=O)c3ccccc3C2=O)c1. The molecule has 4 atom stereocenters. The fraction of sp³-hybridized carbons (Fsp3) is 0.240. The zero-order valence-electron chi connectivity index (χ0n) is 17.4. The summed E-state index contributed by atoms with van der Waals surface area (Å²) in [5.74, 6) is -2.47. The highest BCUT2D eigenvalue weighted by Crippen LogP contribution is 2.52. The summed E-state index contributed by atoms with van der Waals surface area (Å²) in [4.78, 5) is 65.8. The molecule has 2 fully saturated rings. The zero-order valence-corrected chi connectivity index (χ0v) is 17.4. The van der Waals surface area contributed by atoms with Gasteiger partial charge in [0.2, 0.25) is 17.7 Å². The van der Waals surface area contributed by atoms with E-state index in [-0.39, 0.29) is 42.0 Å². The van der Waals surface area contributed by atoms with Crippen LogP contribution >= 0.6 is 0 Å². The van der Waals surface area contributed by atoms with Gasteiger partial charge in [-0.3, -0.25) is 28.9 Å². The lowest BCUT2D eigenvalue weighted by Crippen LogP contribution is -2.39. The van der Waals surface area contributed by atoms with Gasteiger partial charge in [0.1, 0.15) is 6.54 Å². The fourth-order valence-corrected chi connectivity index (χ4v) is 5.61. The Morgan fingerprint density at radius 2 is 1.45 bits per heavy atom. The molecule has 1 saturated carbocycles. The Bertz CT molecular complexity index is 1230. The molecule has 8 nitrogen and oxygen atoms in total. The molecule has 1 N–H and O–H groups in total. The lowest BCUT2D eigenvalue weighted by Gasteiger charge is -2.18. The molecule has 2 bridgehead atoms. The van der Waals surface area contributed by atoms with Crippen molar-refractivity contribution in [3.63, 3.8) is 0 Å². The maximum absolute atomic E-state index is 12.8. The highest BCUT2D eigenvalue weighted by molar-refractivity contribution is 6.34. The zero-order chi connectivity index (χ0) is 22.9. The highest BCUT2D eigenvalue weighted by atomic mass is 16.2. The summed E-state index contributed by atoms with van der Waals surface area (Å²) in [6.45, 7) is -0.360. The quantitative estimate of drug-likeness (QED) is 0.579. The van der Waals surface area contributed by atoms with Crippen LogP contribution in [0.5, 0.6) is 0 Å². The summed E-state index contributed by atoms with van der Waals surface area (Å²) >= 11 is 0. The van der Waals surface area contributed by atoms with E-state index in [0.717, 1.165) is 16.2 Å². The second-order valence-electron chi connectivity index (χ2n) is 8.85. The Labute approximate surface area is 188 Å². The maximum Gasteiger partial charge on any atom is 0.266 e. The van der Waals surface area contributed by atoms with Crippen LogP contribution in [0.2, 0.25) is 0 Å². The Hall–Kier alpha value is -4.07. The number of imide groups is 2. The molecular weight excluding hydrogens is 422 g/mol. The minimum absolute atomic E-state index is 0.0841. The van der Waals surface area contributed by atoms with E-state index in [4.69, 9.17) is 0 Å². The van der Waals surface area contributed by atoms with Crippen LogP contribution in [0.4, 0.5) is 11.4 Å². The standard InChI is InChI=1S/C25H19N3O5/c29-19(12-27-24(32)20-13-8-9-14(10-13)21(20)25(27)33)26-15-4-3-5-16(11-15)28-22(30)17-6-1-2-7-18(17)23(28)31/h1-9,11,13-14,20-21H,10,12H2,(H,26,29). The average molecular weight is 441 g/mol. The molecule has 1 saturated heterocycles.